The minimum absolute atomic E-state index is 0.0394. The van der Waals surface area contributed by atoms with E-state index in [9.17, 15) is 18.6 Å². The topological polar surface area (TPSA) is 121 Å². The molecular formula is C18H16ClN3O5S. The lowest BCUT2D eigenvalue weighted by Gasteiger charge is -2.11. The highest BCUT2D eigenvalue weighted by molar-refractivity contribution is 7.92. The third-order valence-electron chi connectivity index (χ3n) is 3.80. The summed E-state index contributed by atoms with van der Waals surface area (Å²) in [6.45, 7) is 0. The Kier molecular flexibility index (Phi) is 5.30. The lowest BCUT2D eigenvalue weighted by atomic mass is 10.1. The van der Waals surface area contributed by atoms with Gasteiger partial charge in [0.05, 0.1) is 24.1 Å². The molecule has 0 unspecified atom stereocenters. The van der Waals surface area contributed by atoms with Crippen molar-refractivity contribution in [3.8, 4) is 17.2 Å². The van der Waals surface area contributed by atoms with Gasteiger partial charge in [-0.25, -0.2) is 8.42 Å². The largest absolute Gasteiger partial charge is 0.506 e. The van der Waals surface area contributed by atoms with Gasteiger partial charge in [0.15, 0.2) is 0 Å². The molecule has 28 heavy (non-hydrogen) atoms. The molecule has 0 aliphatic rings. The van der Waals surface area contributed by atoms with Crippen LogP contribution in [0.2, 0.25) is 5.02 Å². The number of hydrogen-bond acceptors (Lipinski definition) is 7. The van der Waals surface area contributed by atoms with E-state index < -0.39 is 10.0 Å². The van der Waals surface area contributed by atoms with Crippen LogP contribution in [0.1, 0.15) is 0 Å². The highest BCUT2D eigenvalue weighted by atomic mass is 35.5. The molecule has 0 bridgehead atoms. The predicted molar refractivity (Wildman–Crippen MR) is 108 cm³/mol. The summed E-state index contributed by atoms with van der Waals surface area (Å²) >= 11 is 5.94. The number of benzene rings is 3. The van der Waals surface area contributed by atoms with Crippen molar-refractivity contribution in [3.63, 3.8) is 0 Å². The first-order chi connectivity index (χ1) is 13.2. The first kappa shape index (κ1) is 19.7. The molecular weight excluding hydrogens is 406 g/mol. The van der Waals surface area contributed by atoms with Gasteiger partial charge in [0.25, 0.3) is 0 Å². The molecule has 146 valence electrons. The number of fused-ring (bicyclic) bond motifs is 1. The summed E-state index contributed by atoms with van der Waals surface area (Å²) < 4.78 is 30.8. The van der Waals surface area contributed by atoms with Gasteiger partial charge < -0.3 is 14.9 Å². The van der Waals surface area contributed by atoms with Crippen LogP contribution in [0.15, 0.2) is 52.7 Å². The third kappa shape index (κ3) is 4.10. The minimum Gasteiger partial charge on any atom is -0.506 e. The van der Waals surface area contributed by atoms with Crippen LogP contribution < -0.4 is 9.46 Å². The minimum atomic E-state index is -3.56. The molecule has 3 rings (SSSR count). The van der Waals surface area contributed by atoms with Gasteiger partial charge in [0.2, 0.25) is 10.0 Å². The summed E-state index contributed by atoms with van der Waals surface area (Å²) in [5.41, 5.74) is 0.339. The van der Waals surface area contributed by atoms with Crippen molar-refractivity contribution in [2.24, 2.45) is 10.2 Å². The molecule has 3 aromatic carbocycles. The van der Waals surface area contributed by atoms with E-state index in [4.69, 9.17) is 16.3 Å². The molecule has 0 aliphatic carbocycles. The van der Waals surface area contributed by atoms with Gasteiger partial charge in [0.1, 0.15) is 28.6 Å². The van der Waals surface area contributed by atoms with E-state index in [1.165, 1.54) is 25.3 Å². The zero-order valence-corrected chi connectivity index (χ0v) is 16.4. The molecule has 0 radical (unpaired) electrons. The van der Waals surface area contributed by atoms with Crippen LogP contribution in [-0.2, 0) is 10.0 Å². The molecule has 0 aliphatic heterocycles. The van der Waals surface area contributed by atoms with Crippen molar-refractivity contribution >= 4 is 49.5 Å². The second kappa shape index (κ2) is 7.53. The second-order valence-electron chi connectivity index (χ2n) is 5.89. The van der Waals surface area contributed by atoms with Crippen molar-refractivity contribution in [3.05, 3.63) is 47.5 Å². The van der Waals surface area contributed by atoms with Crippen LogP contribution in [-0.4, -0.2) is 32.0 Å². The van der Waals surface area contributed by atoms with Crippen molar-refractivity contribution in [2.45, 2.75) is 0 Å². The van der Waals surface area contributed by atoms with Crippen molar-refractivity contribution in [2.75, 3.05) is 18.1 Å². The zero-order chi connectivity index (χ0) is 20.5. The van der Waals surface area contributed by atoms with Crippen molar-refractivity contribution in [1.29, 1.82) is 0 Å². The molecule has 3 aromatic rings. The maximum Gasteiger partial charge on any atom is 0.229 e. The summed E-state index contributed by atoms with van der Waals surface area (Å²) in [7, 11) is -2.15. The highest BCUT2D eigenvalue weighted by Crippen LogP contribution is 2.42. The number of rotatable bonds is 5. The number of sulfonamides is 1. The predicted octanol–water partition coefficient (Wildman–Crippen LogP) is 4.70. The average Bonchev–Trinajstić information content (AvgIpc) is 2.61. The Balaban J connectivity index is 2.18. The van der Waals surface area contributed by atoms with Crippen LogP contribution >= 0.6 is 11.6 Å². The number of methoxy groups -OCH3 is 1. The van der Waals surface area contributed by atoms with E-state index in [2.05, 4.69) is 15.0 Å². The number of anilines is 1. The van der Waals surface area contributed by atoms with Crippen LogP contribution in [0, 0.1) is 0 Å². The number of aromatic hydroxyl groups is 2. The first-order valence-electron chi connectivity index (χ1n) is 7.90. The fraction of sp³-hybridized carbons (Fsp3) is 0.111. The Bertz CT molecular complexity index is 1200. The molecule has 0 heterocycles. The second-order valence-corrected chi connectivity index (χ2v) is 8.04. The Morgan fingerprint density at radius 3 is 2.50 bits per heavy atom. The summed E-state index contributed by atoms with van der Waals surface area (Å²) in [6.07, 6.45) is 1.02. The number of hydrogen-bond donors (Lipinski definition) is 3. The smallest absolute Gasteiger partial charge is 0.229 e. The van der Waals surface area contributed by atoms with Gasteiger partial charge in [-0.15, -0.1) is 10.2 Å². The van der Waals surface area contributed by atoms with Crippen LogP contribution in [0.4, 0.5) is 17.1 Å². The summed E-state index contributed by atoms with van der Waals surface area (Å²) in [6, 6.07) is 10.6. The van der Waals surface area contributed by atoms with E-state index in [1.54, 1.807) is 24.3 Å². The normalized spacial score (nSPS) is 11.8. The maximum atomic E-state index is 11.7. The number of nitrogens with one attached hydrogen (secondary N) is 1. The number of nitrogens with zero attached hydrogens (tertiary/aromatic N) is 2. The molecule has 0 amide bonds. The number of phenols is 2. The van der Waals surface area contributed by atoms with Gasteiger partial charge in [-0.1, -0.05) is 29.8 Å². The molecule has 0 saturated heterocycles. The Labute approximate surface area is 166 Å². The van der Waals surface area contributed by atoms with Gasteiger partial charge >= 0.3 is 0 Å². The molecule has 0 saturated carbocycles. The molecule has 8 nitrogen and oxygen atoms in total. The van der Waals surface area contributed by atoms with E-state index in [-0.39, 0.29) is 39.3 Å². The maximum absolute atomic E-state index is 11.7. The molecule has 0 fully saturated rings. The fourth-order valence-electron chi connectivity index (χ4n) is 2.61. The lowest BCUT2D eigenvalue weighted by Crippen LogP contribution is -2.09. The number of phenolic OH excluding ortho intramolecular Hbond substituents is 2. The Morgan fingerprint density at radius 1 is 1.07 bits per heavy atom. The van der Waals surface area contributed by atoms with Crippen LogP contribution in [0.25, 0.3) is 10.8 Å². The molecule has 3 N–H and O–H groups in total. The van der Waals surface area contributed by atoms with E-state index in [1.807, 2.05) is 0 Å². The number of azo groups is 1. The quantitative estimate of drug-likeness (QED) is 0.515. The highest BCUT2D eigenvalue weighted by Gasteiger charge is 2.14. The third-order valence-corrected chi connectivity index (χ3v) is 4.69. The van der Waals surface area contributed by atoms with E-state index >= 15 is 0 Å². The standard InChI is InChI=1S/C18H16ClN3O5S/c1-27-16-9-13(15(24)8-11(16)19)20-21-18-14(23)7-6-10-4-3-5-12(17(10)18)22-28(2,25)26/h3-9,22-24H,1-2H3. The van der Waals surface area contributed by atoms with E-state index in [0.29, 0.717) is 10.8 Å². The molecule has 0 aromatic heterocycles. The van der Waals surface area contributed by atoms with Crippen molar-refractivity contribution in [1.82, 2.24) is 0 Å². The molecule has 0 spiro atoms. The summed E-state index contributed by atoms with van der Waals surface area (Å²) in [5, 5.41) is 29.5. The first-order valence-corrected chi connectivity index (χ1v) is 10.2. The van der Waals surface area contributed by atoms with Crippen LogP contribution in [0.5, 0.6) is 17.2 Å². The molecule has 10 heteroatoms. The monoisotopic (exact) mass is 421 g/mol. The van der Waals surface area contributed by atoms with Gasteiger partial charge in [-0.2, -0.15) is 0 Å². The van der Waals surface area contributed by atoms with Crippen LogP contribution in [0.3, 0.4) is 0 Å². The summed E-state index contributed by atoms with van der Waals surface area (Å²) in [5.74, 6) is -0.154. The molecule has 0 atom stereocenters. The Hall–Kier alpha value is -3.04. The number of ether oxygens (including phenoxy) is 1. The van der Waals surface area contributed by atoms with Crippen molar-refractivity contribution < 1.29 is 23.4 Å². The fourth-order valence-corrected chi connectivity index (χ4v) is 3.41. The SMILES string of the molecule is COc1cc(N=Nc2c(O)ccc3cccc(NS(C)(=O)=O)c23)c(O)cc1Cl. The van der Waals surface area contributed by atoms with E-state index in [0.717, 1.165) is 6.26 Å². The lowest BCUT2D eigenvalue weighted by molar-refractivity contribution is 0.413. The zero-order valence-electron chi connectivity index (χ0n) is 14.8. The van der Waals surface area contributed by atoms with Gasteiger partial charge in [-0.3, -0.25) is 4.72 Å². The van der Waals surface area contributed by atoms with Gasteiger partial charge in [-0.05, 0) is 17.5 Å². The van der Waals surface area contributed by atoms with Gasteiger partial charge in [0, 0.05) is 17.5 Å². The number of halogens is 1. The Morgan fingerprint density at radius 2 is 1.82 bits per heavy atom. The summed E-state index contributed by atoms with van der Waals surface area (Å²) in [4.78, 5) is 0. The average molecular weight is 422 g/mol.